The first-order valence-electron chi connectivity index (χ1n) is 13.1. The van der Waals surface area contributed by atoms with Gasteiger partial charge in [0.15, 0.2) is 0 Å². The van der Waals surface area contributed by atoms with Crippen molar-refractivity contribution in [2.24, 2.45) is 0 Å². The van der Waals surface area contributed by atoms with Gasteiger partial charge in [0.2, 0.25) is 0 Å². The van der Waals surface area contributed by atoms with Crippen LogP contribution in [0.2, 0.25) is 0 Å². The standard InChI is InChI=1S/C32H33N3O4/c1-23-28(26-17-10-5-11-18-26)35(32(38)33(23)2)31(37)29(30(36)27-19-12-20-39-27)34(21-24-13-6-3-7-14-24)22-25-15-8-4-9-16-25/h3-20,23,28-30,36H,21-22H2,1-2H3/t23-,28-,29+,30-/m0/s1. The summed E-state index contributed by atoms with van der Waals surface area (Å²) in [6.45, 7) is 2.70. The van der Waals surface area contributed by atoms with Crippen molar-refractivity contribution >= 4 is 11.9 Å². The number of furan rings is 1. The van der Waals surface area contributed by atoms with Gasteiger partial charge in [-0.25, -0.2) is 4.79 Å². The minimum Gasteiger partial charge on any atom is -0.467 e. The highest BCUT2D eigenvalue weighted by Crippen LogP contribution is 2.37. The van der Waals surface area contributed by atoms with Crippen molar-refractivity contribution < 1.29 is 19.1 Å². The van der Waals surface area contributed by atoms with Crippen LogP contribution in [-0.2, 0) is 17.9 Å². The Morgan fingerprint density at radius 3 is 1.92 bits per heavy atom. The summed E-state index contributed by atoms with van der Waals surface area (Å²) < 4.78 is 5.58. The highest BCUT2D eigenvalue weighted by molar-refractivity contribution is 5.99. The molecule has 1 aromatic heterocycles. The van der Waals surface area contributed by atoms with E-state index in [0.717, 1.165) is 16.7 Å². The third-order valence-electron chi connectivity index (χ3n) is 7.47. The van der Waals surface area contributed by atoms with Crippen LogP contribution in [0.25, 0.3) is 0 Å². The predicted molar refractivity (Wildman–Crippen MR) is 148 cm³/mol. The van der Waals surface area contributed by atoms with Gasteiger partial charge in [-0.2, -0.15) is 0 Å². The minimum absolute atomic E-state index is 0.248. The third-order valence-corrected chi connectivity index (χ3v) is 7.47. The Labute approximate surface area is 228 Å². The zero-order valence-electron chi connectivity index (χ0n) is 22.1. The smallest absolute Gasteiger partial charge is 0.327 e. The highest BCUT2D eigenvalue weighted by atomic mass is 16.4. The van der Waals surface area contributed by atoms with Crippen LogP contribution >= 0.6 is 0 Å². The van der Waals surface area contributed by atoms with Crippen LogP contribution < -0.4 is 0 Å². The van der Waals surface area contributed by atoms with E-state index in [-0.39, 0.29) is 11.8 Å². The maximum Gasteiger partial charge on any atom is 0.327 e. The molecule has 39 heavy (non-hydrogen) atoms. The van der Waals surface area contributed by atoms with Crippen molar-refractivity contribution in [2.45, 2.75) is 44.2 Å². The maximum atomic E-state index is 14.6. The Balaban J connectivity index is 1.60. The van der Waals surface area contributed by atoms with Gasteiger partial charge in [0.1, 0.15) is 17.9 Å². The molecule has 200 valence electrons. The Kier molecular flexibility index (Phi) is 7.91. The molecular weight excluding hydrogens is 490 g/mol. The van der Waals surface area contributed by atoms with E-state index in [1.165, 1.54) is 11.2 Å². The number of carbonyl (C=O) groups is 2. The van der Waals surface area contributed by atoms with Crippen molar-refractivity contribution in [1.82, 2.24) is 14.7 Å². The van der Waals surface area contributed by atoms with E-state index in [9.17, 15) is 14.7 Å². The summed E-state index contributed by atoms with van der Waals surface area (Å²) in [5.74, 6) is -0.204. The number of hydrogen-bond acceptors (Lipinski definition) is 5. The predicted octanol–water partition coefficient (Wildman–Crippen LogP) is 5.41. The Hall–Kier alpha value is -4.20. The average Bonchev–Trinajstić information content (AvgIpc) is 3.58. The van der Waals surface area contributed by atoms with Gasteiger partial charge in [0, 0.05) is 20.1 Å². The molecule has 0 saturated carbocycles. The molecule has 3 amide bonds. The minimum atomic E-state index is -1.30. The van der Waals surface area contributed by atoms with E-state index < -0.39 is 30.1 Å². The summed E-state index contributed by atoms with van der Waals surface area (Å²) in [5.41, 5.74) is 2.83. The van der Waals surface area contributed by atoms with E-state index in [0.29, 0.717) is 13.1 Å². The summed E-state index contributed by atoms with van der Waals surface area (Å²) >= 11 is 0. The first-order valence-corrected chi connectivity index (χ1v) is 13.1. The molecule has 1 aliphatic rings. The lowest BCUT2D eigenvalue weighted by Crippen LogP contribution is -2.52. The van der Waals surface area contributed by atoms with E-state index in [2.05, 4.69) is 0 Å². The molecule has 0 bridgehead atoms. The molecule has 0 unspecified atom stereocenters. The van der Waals surface area contributed by atoms with Crippen molar-refractivity contribution in [3.05, 3.63) is 132 Å². The van der Waals surface area contributed by atoms with Gasteiger partial charge in [-0.1, -0.05) is 91.0 Å². The highest BCUT2D eigenvalue weighted by Gasteiger charge is 2.50. The number of urea groups is 1. The topological polar surface area (TPSA) is 77.2 Å². The number of benzene rings is 3. The third kappa shape index (κ3) is 5.50. The second-order valence-electron chi connectivity index (χ2n) is 9.98. The number of imide groups is 1. The molecule has 7 nitrogen and oxygen atoms in total. The summed E-state index contributed by atoms with van der Waals surface area (Å²) in [4.78, 5) is 33.1. The number of amides is 3. The van der Waals surface area contributed by atoms with Crippen LogP contribution in [0.5, 0.6) is 0 Å². The molecule has 5 rings (SSSR count). The van der Waals surface area contributed by atoms with Gasteiger partial charge in [-0.15, -0.1) is 0 Å². The fraction of sp³-hybridized carbons (Fsp3) is 0.250. The molecule has 2 heterocycles. The van der Waals surface area contributed by atoms with E-state index in [1.807, 2.05) is 103 Å². The number of hydrogen-bond donors (Lipinski definition) is 1. The second-order valence-corrected chi connectivity index (χ2v) is 9.98. The molecule has 1 fully saturated rings. The van der Waals surface area contributed by atoms with Gasteiger partial charge in [0.05, 0.1) is 18.3 Å². The van der Waals surface area contributed by atoms with Crippen LogP contribution in [0, 0.1) is 0 Å². The molecule has 1 N–H and O–H groups in total. The first-order chi connectivity index (χ1) is 19.0. The molecule has 0 radical (unpaired) electrons. The quantitative estimate of drug-likeness (QED) is 0.318. The van der Waals surface area contributed by atoms with Crippen molar-refractivity contribution in [3.63, 3.8) is 0 Å². The lowest BCUT2D eigenvalue weighted by Gasteiger charge is -2.36. The fourth-order valence-corrected chi connectivity index (χ4v) is 5.34. The Bertz CT molecular complexity index is 1320. The van der Waals surface area contributed by atoms with Crippen LogP contribution in [0.4, 0.5) is 4.79 Å². The van der Waals surface area contributed by atoms with E-state index in [4.69, 9.17) is 4.42 Å². The van der Waals surface area contributed by atoms with Gasteiger partial charge < -0.3 is 14.4 Å². The molecule has 0 spiro atoms. The van der Waals surface area contributed by atoms with E-state index in [1.54, 1.807) is 24.1 Å². The Morgan fingerprint density at radius 1 is 0.872 bits per heavy atom. The lowest BCUT2D eigenvalue weighted by atomic mass is 9.97. The van der Waals surface area contributed by atoms with Crippen molar-refractivity contribution in [3.8, 4) is 0 Å². The summed E-state index contributed by atoms with van der Waals surface area (Å²) in [6.07, 6.45) is 0.174. The number of rotatable bonds is 9. The number of aliphatic hydroxyl groups excluding tert-OH is 1. The summed E-state index contributed by atoms with van der Waals surface area (Å²) in [5, 5.41) is 11.7. The zero-order chi connectivity index (χ0) is 27.4. The van der Waals surface area contributed by atoms with Crippen molar-refractivity contribution in [1.29, 1.82) is 0 Å². The molecule has 4 aromatic rings. The van der Waals surface area contributed by atoms with Crippen molar-refractivity contribution in [2.75, 3.05) is 7.05 Å². The zero-order valence-corrected chi connectivity index (χ0v) is 22.1. The summed E-state index contributed by atoms with van der Waals surface area (Å²) in [7, 11) is 1.71. The second kappa shape index (κ2) is 11.7. The van der Waals surface area contributed by atoms with Gasteiger partial charge in [-0.3, -0.25) is 14.6 Å². The van der Waals surface area contributed by atoms with Gasteiger partial charge in [0.25, 0.3) is 5.91 Å². The molecule has 7 heteroatoms. The van der Waals surface area contributed by atoms with Crippen LogP contribution in [0.1, 0.15) is 41.5 Å². The average molecular weight is 524 g/mol. The normalized spacial score (nSPS) is 18.9. The Morgan fingerprint density at radius 2 is 1.41 bits per heavy atom. The van der Waals surface area contributed by atoms with E-state index >= 15 is 0 Å². The molecule has 0 aliphatic carbocycles. The molecule has 3 aromatic carbocycles. The molecule has 1 saturated heterocycles. The summed E-state index contributed by atoms with van der Waals surface area (Å²) in [6, 6.07) is 30.3. The van der Waals surface area contributed by atoms with Gasteiger partial charge in [-0.05, 0) is 35.7 Å². The fourth-order valence-electron chi connectivity index (χ4n) is 5.34. The first kappa shape index (κ1) is 26.4. The van der Waals surface area contributed by atoms with Crippen LogP contribution in [0.15, 0.2) is 114 Å². The molecular formula is C32H33N3O4. The molecule has 1 aliphatic heterocycles. The largest absolute Gasteiger partial charge is 0.467 e. The van der Waals surface area contributed by atoms with Crippen LogP contribution in [-0.4, -0.2) is 50.9 Å². The monoisotopic (exact) mass is 523 g/mol. The number of likely N-dealkylation sites (N-methyl/N-ethyl adjacent to an activating group) is 1. The molecule has 4 atom stereocenters. The SMILES string of the molecule is C[C@H]1[C@@H](c2ccccc2)N(C(=O)[C@@H]([C@@H](O)c2ccco2)N(Cc2ccccc2)Cc2ccccc2)C(=O)N1C. The number of nitrogens with zero attached hydrogens (tertiary/aromatic N) is 3. The van der Waals surface area contributed by atoms with Gasteiger partial charge >= 0.3 is 6.03 Å². The lowest BCUT2D eigenvalue weighted by molar-refractivity contribution is -0.141. The van der Waals surface area contributed by atoms with Crippen LogP contribution in [0.3, 0.4) is 0 Å². The maximum absolute atomic E-state index is 14.6. The number of carbonyl (C=O) groups excluding carboxylic acids is 2. The number of aliphatic hydroxyl groups is 1.